The SMILES string of the molecule is NCC1(c2cccc(Cl)c2)CCC(N(Cc2ccccc2)C(=O)c2cccnn2)CC1. The predicted molar refractivity (Wildman–Crippen MR) is 123 cm³/mol. The fourth-order valence-corrected chi connectivity index (χ4v) is 4.80. The third-order valence-corrected chi connectivity index (χ3v) is 6.66. The first-order valence-corrected chi connectivity index (χ1v) is 11.1. The third kappa shape index (κ3) is 4.78. The minimum atomic E-state index is -0.102. The largest absolute Gasteiger partial charge is 0.330 e. The van der Waals surface area contributed by atoms with Crippen molar-refractivity contribution in [2.75, 3.05) is 6.54 Å². The van der Waals surface area contributed by atoms with Crippen LogP contribution in [0, 0.1) is 0 Å². The smallest absolute Gasteiger partial charge is 0.274 e. The molecule has 1 aliphatic carbocycles. The van der Waals surface area contributed by atoms with Crippen LogP contribution >= 0.6 is 11.6 Å². The molecule has 0 unspecified atom stereocenters. The second kappa shape index (κ2) is 9.58. The molecule has 31 heavy (non-hydrogen) atoms. The Bertz CT molecular complexity index is 1000. The molecule has 3 aromatic rings. The summed E-state index contributed by atoms with van der Waals surface area (Å²) in [5.41, 5.74) is 8.84. The van der Waals surface area contributed by atoms with Gasteiger partial charge < -0.3 is 10.6 Å². The van der Waals surface area contributed by atoms with E-state index in [-0.39, 0.29) is 17.4 Å². The third-order valence-electron chi connectivity index (χ3n) is 6.43. The molecule has 4 rings (SSSR count). The van der Waals surface area contributed by atoms with Crippen LogP contribution in [-0.2, 0) is 12.0 Å². The molecule has 2 N–H and O–H groups in total. The van der Waals surface area contributed by atoms with E-state index in [1.54, 1.807) is 18.3 Å². The van der Waals surface area contributed by atoms with E-state index < -0.39 is 0 Å². The molecule has 5 nitrogen and oxygen atoms in total. The molecule has 1 amide bonds. The Kier molecular flexibility index (Phi) is 6.64. The van der Waals surface area contributed by atoms with Gasteiger partial charge in [0.2, 0.25) is 0 Å². The lowest BCUT2D eigenvalue weighted by molar-refractivity contribution is 0.0565. The van der Waals surface area contributed by atoms with E-state index in [1.807, 2.05) is 41.3 Å². The number of halogens is 1. The van der Waals surface area contributed by atoms with Gasteiger partial charge in [-0.2, -0.15) is 5.10 Å². The standard InChI is InChI=1S/C25H27ClN4O/c26-21-9-4-8-20(16-21)25(18-27)13-11-22(12-14-25)30(17-19-6-2-1-3-7-19)24(31)23-10-5-15-28-29-23/h1-10,15-16,22H,11-14,17-18,27H2. The molecule has 160 valence electrons. The minimum Gasteiger partial charge on any atom is -0.330 e. The Morgan fingerprint density at radius 3 is 2.48 bits per heavy atom. The quantitative estimate of drug-likeness (QED) is 0.614. The van der Waals surface area contributed by atoms with Gasteiger partial charge in [-0.15, -0.1) is 5.10 Å². The number of carbonyl (C=O) groups excluding carboxylic acids is 1. The lowest BCUT2D eigenvalue weighted by atomic mass is 9.68. The molecule has 1 aromatic heterocycles. The zero-order valence-electron chi connectivity index (χ0n) is 17.5. The summed E-state index contributed by atoms with van der Waals surface area (Å²) in [6.07, 6.45) is 5.16. The van der Waals surface area contributed by atoms with Crippen LogP contribution < -0.4 is 5.73 Å². The van der Waals surface area contributed by atoms with Crippen molar-refractivity contribution in [3.05, 3.63) is 94.8 Å². The van der Waals surface area contributed by atoms with Crippen LogP contribution in [0.2, 0.25) is 5.02 Å². The van der Waals surface area contributed by atoms with Gasteiger partial charge in [-0.05, 0) is 61.1 Å². The normalized spacial score (nSPS) is 20.9. The van der Waals surface area contributed by atoms with Gasteiger partial charge in [-0.3, -0.25) is 4.79 Å². The van der Waals surface area contributed by atoms with Crippen molar-refractivity contribution in [2.24, 2.45) is 5.73 Å². The van der Waals surface area contributed by atoms with Crippen LogP contribution in [0.5, 0.6) is 0 Å². The molecule has 0 saturated heterocycles. The number of nitrogens with two attached hydrogens (primary N) is 1. The summed E-state index contributed by atoms with van der Waals surface area (Å²) in [5, 5.41) is 8.69. The Morgan fingerprint density at radius 1 is 1.06 bits per heavy atom. The summed E-state index contributed by atoms with van der Waals surface area (Å²) < 4.78 is 0. The predicted octanol–water partition coefficient (Wildman–Crippen LogP) is 4.61. The van der Waals surface area contributed by atoms with Crippen LogP contribution in [0.15, 0.2) is 72.9 Å². The molecule has 1 saturated carbocycles. The molecule has 0 spiro atoms. The number of rotatable bonds is 6. The summed E-state index contributed by atoms with van der Waals surface area (Å²) in [6, 6.07) is 21.7. The van der Waals surface area contributed by atoms with Crippen LogP contribution in [0.25, 0.3) is 0 Å². The summed E-state index contributed by atoms with van der Waals surface area (Å²) in [7, 11) is 0. The fraction of sp³-hybridized carbons (Fsp3) is 0.320. The van der Waals surface area contributed by atoms with Crippen molar-refractivity contribution in [3.8, 4) is 0 Å². The van der Waals surface area contributed by atoms with Crippen molar-refractivity contribution in [1.29, 1.82) is 0 Å². The van der Waals surface area contributed by atoms with Gasteiger partial charge in [0.05, 0.1) is 0 Å². The second-order valence-electron chi connectivity index (χ2n) is 8.25. The number of carbonyl (C=O) groups is 1. The van der Waals surface area contributed by atoms with Crippen LogP contribution in [-0.4, -0.2) is 33.6 Å². The summed E-state index contributed by atoms with van der Waals surface area (Å²) in [5.74, 6) is -0.0787. The second-order valence-corrected chi connectivity index (χ2v) is 8.69. The molecular weight excluding hydrogens is 408 g/mol. The molecule has 0 radical (unpaired) electrons. The van der Waals surface area contributed by atoms with Gasteiger partial charge in [0.1, 0.15) is 0 Å². The highest BCUT2D eigenvalue weighted by molar-refractivity contribution is 6.30. The highest BCUT2D eigenvalue weighted by Crippen LogP contribution is 2.41. The Labute approximate surface area is 188 Å². The monoisotopic (exact) mass is 434 g/mol. The number of nitrogens with zero attached hydrogens (tertiary/aromatic N) is 3. The van der Waals surface area contributed by atoms with Gasteiger partial charge in [0.15, 0.2) is 5.69 Å². The number of benzene rings is 2. The van der Waals surface area contributed by atoms with E-state index in [4.69, 9.17) is 17.3 Å². The van der Waals surface area contributed by atoms with E-state index in [1.165, 1.54) is 5.56 Å². The summed E-state index contributed by atoms with van der Waals surface area (Å²) in [4.78, 5) is 15.3. The Hall–Kier alpha value is -2.76. The minimum absolute atomic E-state index is 0.0787. The Balaban J connectivity index is 1.57. The maximum atomic E-state index is 13.4. The lowest BCUT2D eigenvalue weighted by Gasteiger charge is -2.43. The van der Waals surface area contributed by atoms with Crippen LogP contribution in [0.4, 0.5) is 0 Å². The molecule has 1 aliphatic rings. The van der Waals surface area contributed by atoms with Crippen molar-refractivity contribution in [3.63, 3.8) is 0 Å². The summed E-state index contributed by atoms with van der Waals surface area (Å²) in [6.45, 7) is 1.12. The van der Waals surface area contributed by atoms with Crippen molar-refractivity contribution < 1.29 is 4.79 Å². The molecule has 1 fully saturated rings. The van der Waals surface area contributed by atoms with Gasteiger partial charge >= 0.3 is 0 Å². The van der Waals surface area contributed by atoms with E-state index in [0.29, 0.717) is 18.8 Å². The van der Waals surface area contributed by atoms with E-state index >= 15 is 0 Å². The molecular formula is C25H27ClN4O. The number of hydrogen-bond donors (Lipinski definition) is 1. The summed E-state index contributed by atoms with van der Waals surface area (Å²) >= 11 is 6.26. The highest BCUT2D eigenvalue weighted by Gasteiger charge is 2.39. The molecule has 6 heteroatoms. The zero-order valence-corrected chi connectivity index (χ0v) is 18.2. The highest BCUT2D eigenvalue weighted by atomic mass is 35.5. The topological polar surface area (TPSA) is 72.1 Å². The first kappa shape index (κ1) is 21.5. The molecule has 0 atom stereocenters. The van der Waals surface area contributed by atoms with Crippen molar-refractivity contribution in [1.82, 2.24) is 15.1 Å². The van der Waals surface area contributed by atoms with E-state index in [9.17, 15) is 4.79 Å². The molecule has 1 heterocycles. The maximum absolute atomic E-state index is 13.4. The average Bonchev–Trinajstić information content (AvgIpc) is 2.83. The van der Waals surface area contributed by atoms with Crippen molar-refractivity contribution >= 4 is 17.5 Å². The van der Waals surface area contributed by atoms with Gasteiger partial charge in [-0.1, -0.05) is 54.1 Å². The first-order chi connectivity index (χ1) is 15.1. The Morgan fingerprint density at radius 2 is 1.84 bits per heavy atom. The molecule has 0 aliphatic heterocycles. The number of aromatic nitrogens is 2. The zero-order chi connectivity index (χ0) is 21.7. The van der Waals surface area contributed by atoms with Gasteiger partial charge in [0, 0.05) is 35.8 Å². The van der Waals surface area contributed by atoms with Crippen LogP contribution in [0.1, 0.15) is 47.3 Å². The number of amides is 1. The van der Waals surface area contributed by atoms with E-state index in [2.05, 4.69) is 28.4 Å². The van der Waals surface area contributed by atoms with Crippen molar-refractivity contribution in [2.45, 2.75) is 43.7 Å². The lowest BCUT2D eigenvalue weighted by Crippen LogP contribution is -2.47. The first-order valence-electron chi connectivity index (χ1n) is 10.7. The molecule has 2 aromatic carbocycles. The van der Waals surface area contributed by atoms with Gasteiger partial charge in [0.25, 0.3) is 5.91 Å². The maximum Gasteiger partial charge on any atom is 0.274 e. The van der Waals surface area contributed by atoms with Gasteiger partial charge in [-0.25, -0.2) is 0 Å². The fourth-order valence-electron chi connectivity index (χ4n) is 4.61. The number of hydrogen-bond acceptors (Lipinski definition) is 4. The van der Waals surface area contributed by atoms with Crippen LogP contribution in [0.3, 0.4) is 0 Å². The molecule has 0 bridgehead atoms. The van der Waals surface area contributed by atoms with E-state index in [0.717, 1.165) is 36.3 Å². The average molecular weight is 435 g/mol.